The molecule has 1 heterocycles. The third-order valence-corrected chi connectivity index (χ3v) is 5.85. The highest BCUT2D eigenvalue weighted by atomic mass is 16.3. The predicted octanol–water partition coefficient (Wildman–Crippen LogP) is 2.48. The van der Waals surface area contributed by atoms with Crippen LogP contribution in [0.1, 0.15) is 39.7 Å². The van der Waals surface area contributed by atoms with Gasteiger partial charge in [-0.25, -0.2) is 0 Å². The Balaban J connectivity index is 1.66. The molecule has 0 radical (unpaired) electrons. The van der Waals surface area contributed by atoms with Crippen molar-refractivity contribution in [3.63, 3.8) is 0 Å². The van der Waals surface area contributed by atoms with E-state index in [9.17, 15) is 19.5 Å². The number of nitrogens with one attached hydrogen (secondary N) is 2. The molecule has 2 aromatic carbocycles. The molecule has 3 atom stereocenters. The number of benzene rings is 2. The smallest absolute Gasteiger partial charge is 0.246 e. The molecule has 176 valence electrons. The minimum Gasteiger partial charge on any atom is -0.391 e. The molecular weight excluding hydrogens is 418 g/mol. The Kier molecular flexibility index (Phi) is 7.53. The van der Waals surface area contributed by atoms with Gasteiger partial charge in [-0.2, -0.15) is 0 Å². The van der Waals surface area contributed by atoms with E-state index in [0.717, 1.165) is 16.7 Å². The second-order valence-electron chi connectivity index (χ2n) is 9.68. The first-order valence-electron chi connectivity index (χ1n) is 11.2. The fourth-order valence-corrected chi connectivity index (χ4v) is 4.08. The molecule has 3 rings (SSSR count). The molecule has 1 aliphatic heterocycles. The van der Waals surface area contributed by atoms with Crippen molar-refractivity contribution in [2.24, 2.45) is 5.41 Å². The van der Waals surface area contributed by atoms with Gasteiger partial charge in [0.05, 0.1) is 6.10 Å². The van der Waals surface area contributed by atoms with E-state index in [1.807, 2.05) is 75.4 Å². The molecule has 1 fully saturated rings. The monoisotopic (exact) mass is 451 g/mol. The number of hydrogen-bond acceptors (Lipinski definition) is 4. The SMILES string of the molecule is CC(=O)N[C@H](C(=O)N1C[C@H](O)C[C@H]1C(=O)NCc1ccc(-c2ccccc2)cc1)C(C)(C)C. The molecule has 0 unspecified atom stereocenters. The van der Waals surface area contributed by atoms with Gasteiger partial charge >= 0.3 is 0 Å². The van der Waals surface area contributed by atoms with Gasteiger partial charge in [0.2, 0.25) is 17.7 Å². The molecule has 0 bridgehead atoms. The molecule has 1 aliphatic rings. The Morgan fingerprint density at radius 2 is 1.64 bits per heavy atom. The van der Waals surface area contributed by atoms with Crippen molar-refractivity contribution >= 4 is 17.7 Å². The topological polar surface area (TPSA) is 98.7 Å². The van der Waals surface area contributed by atoms with Gasteiger partial charge in [0, 0.05) is 26.4 Å². The molecule has 0 aliphatic carbocycles. The largest absolute Gasteiger partial charge is 0.391 e. The molecule has 0 aromatic heterocycles. The molecular formula is C26H33N3O4. The van der Waals surface area contributed by atoms with Crippen LogP contribution in [0.15, 0.2) is 54.6 Å². The zero-order valence-electron chi connectivity index (χ0n) is 19.7. The number of amides is 3. The first-order valence-corrected chi connectivity index (χ1v) is 11.2. The third-order valence-electron chi connectivity index (χ3n) is 5.85. The maximum atomic E-state index is 13.3. The van der Waals surface area contributed by atoms with E-state index in [-0.39, 0.29) is 30.7 Å². The number of hydrogen-bond donors (Lipinski definition) is 3. The van der Waals surface area contributed by atoms with Crippen LogP contribution in [0.5, 0.6) is 0 Å². The quantitative estimate of drug-likeness (QED) is 0.628. The van der Waals surface area contributed by atoms with Crippen LogP contribution in [-0.4, -0.2) is 52.5 Å². The number of aliphatic hydroxyl groups excluding tert-OH is 1. The molecule has 0 saturated carbocycles. The third kappa shape index (κ3) is 6.20. The van der Waals surface area contributed by atoms with E-state index < -0.39 is 23.6 Å². The highest BCUT2D eigenvalue weighted by molar-refractivity contribution is 5.92. The average molecular weight is 452 g/mol. The first kappa shape index (κ1) is 24.5. The fraction of sp³-hybridized carbons (Fsp3) is 0.423. The van der Waals surface area contributed by atoms with Crippen molar-refractivity contribution in [2.45, 2.75) is 58.8 Å². The summed E-state index contributed by atoms with van der Waals surface area (Å²) in [4.78, 5) is 39.3. The van der Waals surface area contributed by atoms with E-state index in [4.69, 9.17) is 0 Å². The second-order valence-corrected chi connectivity index (χ2v) is 9.68. The summed E-state index contributed by atoms with van der Waals surface area (Å²) >= 11 is 0. The molecule has 7 heteroatoms. The standard InChI is InChI=1S/C26H33N3O4/c1-17(30)28-23(26(2,3)4)25(33)29-16-21(31)14-22(29)24(32)27-15-18-10-12-20(13-11-18)19-8-6-5-7-9-19/h5-13,21-23,31H,14-16H2,1-4H3,(H,27,32)(H,28,30)/t21-,22+,23-/m1/s1. The molecule has 1 saturated heterocycles. The lowest BCUT2D eigenvalue weighted by atomic mass is 9.85. The van der Waals surface area contributed by atoms with E-state index in [1.165, 1.54) is 11.8 Å². The van der Waals surface area contributed by atoms with Gasteiger partial charge in [-0.3, -0.25) is 14.4 Å². The molecule has 0 spiro atoms. The minimum absolute atomic E-state index is 0.0643. The number of nitrogens with zero attached hydrogens (tertiary/aromatic N) is 1. The summed E-state index contributed by atoms with van der Waals surface area (Å²) in [6.07, 6.45) is -0.616. The van der Waals surface area contributed by atoms with Crippen molar-refractivity contribution in [1.82, 2.24) is 15.5 Å². The minimum atomic E-state index is -0.791. The second kappa shape index (κ2) is 10.2. The lowest BCUT2D eigenvalue weighted by molar-refractivity contribution is -0.143. The van der Waals surface area contributed by atoms with Gasteiger partial charge in [0.15, 0.2) is 0 Å². The Bertz CT molecular complexity index is 983. The van der Waals surface area contributed by atoms with Crippen molar-refractivity contribution in [2.75, 3.05) is 6.54 Å². The van der Waals surface area contributed by atoms with Crippen LogP contribution < -0.4 is 10.6 Å². The van der Waals surface area contributed by atoms with Crippen LogP contribution in [0, 0.1) is 5.41 Å². The average Bonchev–Trinajstić information content (AvgIpc) is 3.17. The zero-order chi connectivity index (χ0) is 24.2. The van der Waals surface area contributed by atoms with Gasteiger partial charge in [0.1, 0.15) is 12.1 Å². The Morgan fingerprint density at radius 1 is 1.03 bits per heavy atom. The highest BCUT2D eigenvalue weighted by Crippen LogP contribution is 2.26. The number of rotatable bonds is 6. The van der Waals surface area contributed by atoms with Crippen LogP contribution in [0.25, 0.3) is 11.1 Å². The van der Waals surface area contributed by atoms with Crippen LogP contribution in [0.4, 0.5) is 0 Å². The highest BCUT2D eigenvalue weighted by Gasteiger charge is 2.44. The molecule has 3 amide bonds. The summed E-state index contributed by atoms with van der Waals surface area (Å²) in [6, 6.07) is 16.4. The number of likely N-dealkylation sites (tertiary alicyclic amines) is 1. The Labute approximate surface area is 195 Å². The van der Waals surface area contributed by atoms with Crippen molar-refractivity contribution in [1.29, 1.82) is 0 Å². The lowest BCUT2D eigenvalue weighted by Gasteiger charge is -2.35. The molecule has 7 nitrogen and oxygen atoms in total. The number of β-amino-alcohol motifs (C(OH)–C–C–N with tert-alkyl or cyclic N) is 1. The van der Waals surface area contributed by atoms with E-state index in [2.05, 4.69) is 10.6 Å². The van der Waals surface area contributed by atoms with Gasteiger partial charge in [-0.05, 0) is 22.1 Å². The van der Waals surface area contributed by atoms with Crippen molar-refractivity contribution in [3.05, 3.63) is 60.2 Å². The molecule has 2 aromatic rings. The van der Waals surface area contributed by atoms with Gasteiger partial charge in [0.25, 0.3) is 0 Å². The summed E-state index contributed by atoms with van der Waals surface area (Å²) in [5, 5.41) is 15.8. The fourth-order valence-electron chi connectivity index (χ4n) is 4.08. The van der Waals surface area contributed by atoms with Gasteiger partial charge in [-0.1, -0.05) is 75.4 Å². The Hall–Kier alpha value is -3.19. The summed E-state index contributed by atoms with van der Waals surface area (Å²) in [5.41, 5.74) is 2.60. The van der Waals surface area contributed by atoms with Crippen LogP contribution in [-0.2, 0) is 20.9 Å². The van der Waals surface area contributed by atoms with Crippen LogP contribution >= 0.6 is 0 Å². The summed E-state index contributed by atoms with van der Waals surface area (Å²) in [7, 11) is 0. The first-order chi connectivity index (χ1) is 15.6. The van der Waals surface area contributed by atoms with Gasteiger partial charge in [-0.15, -0.1) is 0 Å². The van der Waals surface area contributed by atoms with Crippen molar-refractivity contribution < 1.29 is 19.5 Å². The zero-order valence-corrected chi connectivity index (χ0v) is 19.7. The summed E-state index contributed by atoms with van der Waals surface area (Å²) in [6.45, 7) is 7.30. The van der Waals surface area contributed by atoms with Crippen LogP contribution in [0.3, 0.4) is 0 Å². The number of aliphatic hydroxyl groups is 1. The lowest BCUT2D eigenvalue weighted by Crippen LogP contribution is -2.57. The Morgan fingerprint density at radius 3 is 2.21 bits per heavy atom. The van der Waals surface area contributed by atoms with E-state index >= 15 is 0 Å². The van der Waals surface area contributed by atoms with Crippen LogP contribution in [0.2, 0.25) is 0 Å². The summed E-state index contributed by atoms with van der Waals surface area (Å²) in [5.74, 6) is -0.993. The maximum absolute atomic E-state index is 13.3. The van der Waals surface area contributed by atoms with Crippen molar-refractivity contribution in [3.8, 4) is 11.1 Å². The van der Waals surface area contributed by atoms with E-state index in [0.29, 0.717) is 6.54 Å². The maximum Gasteiger partial charge on any atom is 0.246 e. The van der Waals surface area contributed by atoms with E-state index in [1.54, 1.807) is 0 Å². The normalized spacial score (nSPS) is 19.1. The number of carbonyl (C=O) groups excluding carboxylic acids is 3. The molecule has 33 heavy (non-hydrogen) atoms. The number of carbonyl (C=O) groups is 3. The molecule has 3 N–H and O–H groups in total. The van der Waals surface area contributed by atoms with Gasteiger partial charge < -0.3 is 20.6 Å². The summed E-state index contributed by atoms with van der Waals surface area (Å²) < 4.78 is 0. The predicted molar refractivity (Wildman–Crippen MR) is 127 cm³/mol.